The van der Waals surface area contributed by atoms with Crippen molar-refractivity contribution < 1.29 is 7.24 Å². The van der Waals surface area contributed by atoms with Crippen molar-refractivity contribution in [2.24, 2.45) is 0 Å². The first kappa shape index (κ1) is 21.3. The Hall–Kier alpha value is -3.51. The van der Waals surface area contributed by atoms with Crippen LogP contribution < -0.4 is 16.2 Å². The normalized spacial score (nSPS) is 17.4. The molecule has 1 aromatic heterocycles. The van der Waals surface area contributed by atoms with Gasteiger partial charge in [-0.2, -0.15) is 5.10 Å². The molecule has 5 rings (SSSR count). The number of nitrogens with one attached hydrogen (secondary N) is 2. The topological polar surface area (TPSA) is 59.0 Å². The Bertz CT molecular complexity index is 1370. The Kier molecular flexibility index (Phi) is 5.46. The van der Waals surface area contributed by atoms with Crippen molar-refractivity contribution in [3.05, 3.63) is 105 Å². The van der Waals surface area contributed by atoms with Crippen LogP contribution in [0.3, 0.4) is 0 Å². The molecule has 3 aromatic carbocycles. The molecule has 2 N–H and O–H groups in total. The van der Waals surface area contributed by atoms with E-state index in [0.29, 0.717) is 16.5 Å². The van der Waals surface area contributed by atoms with Crippen LogP contribution in [0.15, 0.2) is 71.5 Å². The molecule has 0 fully saturated rings. The van der Waals surface area contributed by atoms with Gasteiger partial charge in [-0.3, -0.25) is 4.79 Å². The first-order valence-corrected chi connectivity index (χ1v) is 11.3. The molecule has 0 radical (unpaired) electrons. The van der Waals surface area contributed by atoms with Crippen molar-refractivity contribution in [3.8, 4) is 0 Å². The van der Waals surface area contributed by atoms with Crippen LogP contribution in [0, 0.1) is 5.82 Å². The summed E-state index contributed by atoms with van der Waals surface area (Å²) in [7, 11) is 1.93. The third-order valence-electron chi connectivity index (χ3n) is 6.32. The van der Waals surface area contributed by atoms with E-state index < -0.39 is 5.82 Å². The summed E-state index contributed by atoms with van der Waals surface area (Å²) >= 11 is 0. The number of aromatic nitrogens is 2. The number of hydrogen-bond acceptors (Lipinski definition) is 4. The molecular weight excluding hydrogens is 415 g/mol. The molecule has 172 valence electrons. The van der Waals surface area contributed by atoms with E-state index in [2.05, 4.69) is 47.0 Å². The van der Waals surface area contributed by atoms with Crippen LogP contribution in [-0.4, -0.2) is 16.8 Å². The van der Waals surface area contributed by atoms with E-state index in [1.54, 1.807) is 0 Å². The molecule has 2 atom stereocenters. The molecule has 0 aliphatic carbocycles. The molecule has 0 unspecified atom stereocenters. The molecule has 1 aliphatic heterocycles. The lowest BCUT2D eigenvalue weighted by Gasteiger charge is -2.35. The quantitative estimate of drug-likeness (QED) is 0.417. The Labute approximate surface area is 195 Å². The van der Waals surface area contributed by atoms with Crippen molar-refractivity contribution in [3.63, 3.8) is 0 Å². The molecule has 0 amide bonds. The van der Waals surface area contributed by atoms with E-state index in [1.165, 1.54) is 22.4 Å². The molecule has 4 aromatic rings. The highest BCUT2D eigenvalue weighted by atomic mass is 19.1. The number of rotatable bonds is 5. The van der Waals surface area contributed by atoms with Gasteiger partial charge in [-0.25, -0.2) is 9.07 Å². The summed E-state index contributed by atoms with van der Waals surface area (Å²) in [6, 6.07) is 21.1. The fourth-order valence-corrected chi connectivity index (χ4v) is 4.81. The van der Waals surface area contributed by atoms with Crippen LogP contribution in [0.25, 0.3) is 10.8 Å². The summed E-state index contributed by atoms with van der Waals surface area (Å²) in [5, 5.41) is 12.7. The van der Waals surface area contributed by atoms with Gasteiger partial charge in [0.1, 0.15) is 5.82 Å². The number of halogens is 1. The largest absolute Gasteiger partial charge is 0.377 e. The van der Waals surface area contributed by atoms with Crippen LogP contribution in [-0.2, 0) is 6.54 Å². The summed E-state index contributed by atoms with van der Waals surface area (Å²) in [5.41, 5.74) is 4.49. The highest BCUT2D eigenvalue weighted by Gasteiger charge is 2.36. The van der Waals surface area contributed by atoms with Crippen molar-refractivity contribution in [2.45, 2.75) is 38.4 Å². The van der Waals surface area contributed by atoms with Crippen molar-refractivity contribution >= 4 is 16.5 Å². The lowest BCUT2D eigenvalue weighted by atomic mass is 9.80. The zero-order chi connectivity index (χ0) is 23.1. The van der Waals surface area contributed by atoms with Gasteiger partial charge in [0.05, 0.1) is 29.1 Å². The first-order valence-electron chi connectivity index (χ1n) is 11.3. The smallest absolute Gasteiger partial charge is 0.275 e. The fourth-order valence-electron chi connectivity index (χ4n) is 4.81. The zero-order valence-corrected chi connectivity index (χ0v) is 19.0. The van der Waals surface area contributed by atoms with Crippen LogP contribution in [0.4, 0.5) is 10.1 Å². The Morgan fingerprint density at radius 2 is 1.82 bits per heavy atom. The SMILES string of the molecule is CNCc1ccc([C@H]2c3nn(C(C)C)c(=O)c4cc(F)cc(c34)N[C@@H]2c2ccccc2)cc1.[HH].[HH]. The van der Waals surface area contributed by atoms with Gasteiger partial charge in [0, 0.05) is 20.5 Å². The Morgan fingerprint density at radius 1 is 1.09 bits per heavy atom. The van der Waals surface area contributed by atoms with Crippen molar-refractivity contribution in [1.82, 2.24) is 15.1 Å². The lowest BCUT2D eigenvalue weighted by Crippen LogP contribution is -2.32. The average Bonchev–Trinajstić information content (AvgIpc) is 2.81. The third-order valence-corrected chi connectivity index (χ3v) is 6.32. The summed E-state index contributed by atoms with van der Waals surface area (Å²) < 4.78 is 16.1. The van der Waals surface area contributed by atoms with E-state index in [9.17, 15) is 9.18 Å². The Morgan fingerprint density at radius 3 is 2.48 bits per heavy atom. The average molecular weight is 447 g/mol. The van der Waals surface area contributed by atoms with E-state index >= 15 is 0 Å². The zero-order valence-electron chi connectivity index (χ0n) is 19.0. The summed E-state index contributed by atoms with van der Waals surface area (Å²) in [4.78, 5) is 13.2. The maximum atomic E-state index is 14.6. The fraction of sp³-hybridized carbons (Fsp3) is 0.259. The second-order valence-corrected chi connectivity index (χ2v) is 8.89. The molecule has 0 saturated heterocycles. The van der Waals surface area contributed by atoms with Gasteiger partial charge in [-0.05, 0) is 49.7 Å². The predicted octanol–water partition coefficient (Wildman–Crippen LogP) is 5.63. The molecule has 0 saturated carbocycles. The van der Waals surface area contributed by atoms with Crippen molar-refractivity contribution in [2.75, 3.05) is 12.4 Å². The molecule has 33 heavy (non-hydrogen) atoms. The first-order chi connectivity index (χ1) is 16.0. The van der Waals surface area contributed by atoms with Crippen LogP contribution in [0.1, 0.15) is 57.1 Å². The highest BCUT2D eigenvalue weighted by Crippen LogP contribution is 2.46. The maximum absolute atomic E-state index is 14.6. The monoisotopic (exact) mass is 446 g/mol. The minimum atomic E-state index is -0.434. The second kappa shape index (κ2) is 8.45. The molecule has 0 bridgehead atoms. The summed E-state index contributed by atoms with van der Waals surface area (Å²) in [6.45, 7) is 4.63. The molecule has 0 spiro atoms. The lowest BCUT2D eigenvalue weighted by molar-refractivity contribution is 0.486. The minimum Gasteiger partial charge on any atom is -0.377 e. The molecule has 1 aliphatic rings. The van der Waals surface area contributed by atoms with Gasteiger partial charge in [0.2, 0.25) is 0 Å². The Balaban J connectivity index is 0.00000171. The second-order valence-electron chi connectivity index (χ2n) is 8.89. The van der Waals surface area contributed by atoms with Gasteiger partial charge in [-0.1, -0.05) is 54.6 Å². The van der Waals surface area contributed by atoms with Gasteiger partial charge in [-0.15, -0.1) is 0 Å². The van der Waals surface area contributed by atoms with E-state index in [-0.39, 0.29) is 26.4 Å². The molecule has 2 heterocycles. The van der Waals surface area contributed by atoms with Gasteiger partial charge >= 0.3 is 0 Å². The van der Waals surface area contributed by atoms with Crippen molar-refractivity contribution in [1.29, 1.82) is 0 Å². The maximum Gasteiger partial charge on any atom is 0.275 e. The summed E-state index contributed by atoms with van der Waals surface area (Å²) in [6.07, 6.45) is 0. The number of nitrogens with zero attached hydrogens (tertiary/aromatic N) is 2. The number of benzene rings is 3. The number of hydrogen-bond donors (Lipinski definition) is 2. The molecule has 5 nitrogen and oxygen atoms in total. The molecule has 6 heteroatoms. The standard InChI is InChI=1S/C27H27FN4O.2H2/c1-16(2)32-27(33)21-13-20(28)14-22-24(21)26(31-32)23(18-11-9-17(10-12-18)15-29-3)25(30-22)19-7-5-4-6-8-19;;/h4-14,16,23,25,29-30H,15H2,1-3H3;2*1H/t23-,25-;;/m1../s1. The predicted molar refractivity (Wildman–Crippen MR) is 134 cm³/mol. The van der Waals surface area contributed by atoms with Crippen LogP contribution in [0.2, 0.25) is 0 Å². The van der Waals surface area contributed by atoms with Gasteiger partial charge in [0.15, 0.2) is 0 Å². The highest BCUT2D eigenvalue weighted by molar-refractivity contribution is 5.97. The van der Waals surface area contributed by atoms with Crippen LogP contribution in [0.5, 0.6) is 0 Å². The van der Waals surface area contributed by atoms with E-state index in [1.807, 2.05) is 39.1 Å². The van der Waals surface area contributed by atoms with E-state index in [0.717, 1.165) is 23.4 Å². The van der Waals surface area contributed by atoms with Crippen LogP contribution >= 0.6 is 0 Å². The summed E-state index contributed by atoms with van der Waals surface area (Å²) in [5.74, 6) is -0.585. The van der Waals surface area contributed by atoms with Gasteiger partial charge < -0.3 is 10.6 Å². The third kappa shape index (κ3) is 3.70. The molecular formula is C27H31FN4O. The number of anilines is 1. The van der Waals surface area contributed by atoms with E-state index in [4.69, 9.17) is 5.10 Å². The van der Waals surface area contributed by atoms with Gasteiger partial charge in [0.25, 0.3) is 5.56 Å². The minimum absolute atomic E-state index is 0.